The minimum absolute atomic E-state index is 0.371. The van der Waals surface area contributed by atoms with Gasteiger partial charge in [0.1, 0.15) is 5.75 Å². The monoisotopic (exact) mass is 194 g/mol. The van der Waals surface area contributed by atoms with Crippen molar-refractivity contribution in [3.63, 3.8) is 0 Å². The summed E-state index contributed by atoms with van der Waals surface area (Å²) in [5.74, 6) is 0.964. The minimum Gasteiger partial charge on any atom is -0.568 e. The Morgan fingerprint density at radius 2 is 2.23 bits per heavy atom. The van der Waals surface area contributed by atoms with E-state index in [1.54, 1.807) is 8.05 Å². The van der Waals surface area contributed by atoms with E-state index in [0.717, 1.165) is 12.2 Å². The molecule has 0 spiro atoms. The van der Waals surface area contributed by atoms with Gasteiger partial charge in [0.05, 0.1) is 0 Å². The van der Waals surface area contributed by atoms with Crippen molar-refractivity contribution in [3.05, 3.63) is 29.3 Å². The molecule has 0 heterocycles. The predicted molar refractivity (Wildman–Crippen MR) is 62.5 cm³/mol. The van der Waals surface area contributed by atoms with E-state index < -0.39 is 0 Å². The highest BCUT2D eigenvalue weighted by Crippen LogP contribution is 2.21. The van der Waals surface area contributed by atoms with E-state index in [4.69, 9.17) is 4.65 Å². The van der Waals surface area contributed by atoms with Gasteiger partial charge in [0.25, 0.3) is 0 Å². The van der Waals surface area contributed by atoms with Crippen LogP contribution in [-0.4, -0.2) is 13.3 Å². The van der Waals surface area contributed by atoms with Crippen molar-refractivity contribution in [2.45, 2.75) is 25.5 Å². The number of hydrogen-bond donors (Lipinski definition) is 1. The zero-order valence-electron chi connectivity index (χ0n) is 8.37. The number of aryl methyl sites for hydroxylation is 1. The van der Waals surface area contributed by atoms with Crippen molar-refractivity contribution in [3.8, 4) is 5.75 Å². The summed E-state index contributed by atoms with van der Waals surface area (Å²) in [5.41, 5.74) is 2.51. The number of benzene rings is 1. The molecule has 1 aromatic rings. The van der Waals surface area contributed by atoms with Crippen LogP contribution in [0.5, 0.6) is 5.75 Å². The first-order chi connectivity index (χ1) is 6.13. The molecule has 1 atom stereocenters. The average molecular weight is 194 g/mol. The second-order valence-electron chi connectivity index (χ2n) is 3.37. The van der Waals surface area contributed by atoms with E-state index in [1.807, 2.05) is 6.07 Å². The average Bonchev–Trinajstić information content (AvgIpc) is 2.03. The molecule has 0 amide bonds. The standard InChI is InChI=1S/C10H15BOS/c1-7-3-4-10(12-11)9(5-7)6-8(2)13/h3-5,8,13H,6,11H2,1-2H3/t8-/m1/s1. The first-order valence-corrected chi connectivity index (χ1v) is 4.96. The maximum Gasteiger partial charge on any atom is 0.322 e. The van der Waals surface area contributed by atoms with Gasteiger partial charge in [-0.3, -0.25) is 0 Å². The lowest BCUT2D eigenvalue weighted by Crippen LogP contribution is -2.01. The molecule has 0 saturated carbocycles. The van der Waals surface area contributed by atoms with Crippen LogP contribution in [0.3, 0.4) is 0 Å². The second-order valence-corrected chi connectivity index (χ2v) is 4.25. The lowest BCUT2D eigenvalue weighted by Gasteiger charge is -2.11. The quantitative estimate of drug-likeness (QED) is 0.570. The fourth-order valence-corrected chi connectivity index (χ4v) is 1.58. The summed E-state index contributed by atoms with van der Waals surface area (Å²) in [4.78, 5) is 0. The minimum atomic E-state index is 0.371. The van der Waals surface area contributed by atoms with Crippen LogP contribution >= 0.6 is 12.6 Å². The van der Waals surface area contributed by atoms with E-state index in [9.17, 15) is 0 Å². The second kappa shape index (κ2) is 4.61. The van der Waals surface area contributed by atoms with Crippen LogP contribution in [0.1, 0.15) is 18.1 Å². The highest BCUT2D eigenvalue weighted by atomic mass is 32.1. The summed E-state index contributed by atoms with van der Waals surface area (Å²) in [6, 6.07) is 6.23. The summed E-state index contributed by atoms with van der Waals surface area (Å²) in [6.07, 6.45) is 0.952. The van der Waals surface area contributed by atoms with E-state index in [1.165, 1.54) is 11.1 Å². The van der Waals surface area contributed by atoms with Crippen molar-refractivity contribution in [1.29, 1.82) is 0 Å². The first-order valence-electron chi connectivity index (χ1n) is 4.45. The molecule has 3 heteroatoms. The Labute approximate surface area is 86.3 Å². The molecule has 0 radical (unpaired) electrons. The molecule has 1 rings (SSSR count). The van der Waals surface area contributed by atoms with Gasteiger partial charge in [0, 0.05) is 5.25 Å². The molecule has 1 nitrogen and oxygen atoms in total. The SMILES string of the molecule is BOc1ccc(C)cc1C[C@@H](C)S. The molecule has 0 N–H and O–H groups in total. The smallest absolute Gasteiger partial charge is 0.322 e. The Morgan fingerprint density at radius 1 is 1.54 bits per heavy atom. The summed E-state index contributed by atoms with van der Waals surface area (Å²) < 4.78 is 5.27. The van der Waals surface area contributed by atoms with Crippen molar-refractivity contribution < 1.29 is 4.65 Å². The highest BCUT2D eigenvalue weighted by molar-refractivity contribution is 7.80. The van der Waals surface area contributed by atoms with E-state index in [-0.39, 0.29) is 0 Å². The van der Waals surface area contributed by atoms with Crippen LogP contribution in [0.15, 0.2) is 18.2 Å². The summed E-state index contributed by atoms with van der Waals surface area (Å²) in [5, 5.41) is 0.371. The van der Waals surface area contributed by atoms with E-state index >= 15 is 0 Å². The van der Waals surface area contributed by atoms with Gasteiger partial charge in [0.2, 0.25) is 0 Å². The third-order valence-corrected chi connectivity index (χ3v) is 2.13. The van der Waals surface area contributed by atoms with Crippen molar-refractivity contribution >= 4 is 20.7 Å². The molecule has 0 aliphatic heterocycles. The molecule has 1 aromatic carbocycles. The normalized spacial score (nSPS) is 12.5. The van der Waals surface area contributed by atoms with Crippen molar-refractivity contribution in [2.75, 3.05) is 0 Å². The molecule has 0 unspecified atom stereocenters. The summed E-state index contributed by atoms with van der Waals surface area (Å²) in [7, 11) is 1.71. The maximum absolute atomic E-state index is 5.27. The molecular weight excluding hydrogens is 179 g/mol. The molecule has 0 aliphatic carbocycles. The first kappa shape index (κ1) is 10.5. The van der Waals surface area contributed by atoms with Gasteiger partial charge >= 0.3 is 8.05 Å². The number of hydrogen-bond acceptors (Lipinski definition) is 2. The summed E-state index contributed by atoms with van der Waals surface area (Å²) >= 11 is 4.37. The van der Waals surface area contributed by atoms with Gasteiger partial charge in [-0.05, 0) is 25.0 Å². The van der Waals surface area contributed by atoms with Gasteiger partial charge in [0.15, 0.2) is 0 Å². The van der Waals surface area contributed by atoms with Crippen molar-refractivity contribution in [2.24, 2.45) is 0 Å². The van der Waals surface area contributed by atoms with Crippen LogP contribution in [0.2, 0.25) is 0 Å². The molecule has 0 saturated heterocycles. The molecule has 0 bridgehead atoms. The topological polar surface area (TPSA) is 9.23 Å². The Bertz CT molecular complexity index is 286. The third-order valence-electron chi connectivity index (χ3n) is 1.95. The lowest BCUT2D eigenvalue weighted by atomic mass is 10.1. The highest BCUT2D eigenvalue weighted by Gasteiger charge is 2.04. The van der Waals surface area contributed by atoms with Gasteiger partial charge in [-0.15, -0.1) is 0 Å². The Morgan fingerprint density at radius 3 is 2.77 bits per heavy atom. The van der Waals surface area contributed by atoms with Gasteiger partial charge < -0.3 is 4.65 Å². The molecule has 70 valence electrons. The summed E-state index contributed by atoms with van der Waals surface area (Å²) in [6.45, 7) is 4.18. The van der Waals surface area contributed by atoms with Crippen molar-refractivity contribution in [1.82, 2.24) is 0 Å². The van der Waals surface area contributed by atoms with Crippen LogP contribution in [0.25, 0.3) is 0 Å². The molecule has 0 fully saturated rings. The van der Waals surface area contributed by atoms with Gasteiger partial charge in [-0.25, -0.2) is 0 Å². The predicted octanol–water partition coefficient (Wildman–Crippen LogP) is 1.78. The Balaban J connectivity index is 2.94. The van der Waals surface area contributed by atoms with Crippen LogP contribution in [0, 0.1) is 6.92 Å². The van der Waals surface area contributed by atoms with Gasteiger partial charge in [-0.2, -0.15) is 12.6 Å². The molecule has 0 aliphatic rings. The number of thiol groups is 1. The largest absolute Gasteiger partial charge is 0.568 e. The van der Waals surface area contributed by atoms with Gasteiger partial charge in [-0.1, -0.05) is 24.6 Å². The molecule has 0 aromatic heterocycles. The number of rotatable bonds is 3. The van der Waals surface area contributed by atoms with E-state index in [0.29, 0.717) is 5.25 Å². The zero-order valence-corrected chi connectivity index (χ0v) is 9.27. The van der Waals surface area contributed by atoms with Crippen LogP contribution in [-0.2, 0) is 6.42 Å². The van der Waals surface area contributed by atoms with E-state index in [2.05, 4.69) is 38.6 Å². The Hall–Kier alpha value is -0.565. The fourth-order valence-electron chi connectivity index (χ4n) is 1.39. The maximum atomic E-state index is 5.27. The zero-order chi connectivity index (χ0) is 9.84. The lowest BCUT2D eigenvalue weighted by molar-refractivity contribution is 0.604. The fraction of sp³-hybridized carbons (Fsp3) is 0.400. The third kappa shape index (κ3) is 3.00. The molecular formula is C10H15BOS. The molecule has 13 heavy (non-hydrogen) atoms. The van der Waals surface area contributed by atoms with Crippen LogP contribution in [0.4, 0.5) is 0 Å². The van der Waals surface area contributed by atoms with Crippen LogP contribution < -0.4 is 4.65 Å². The Kier molecular flexibility index (Phi) is 3.73.